The van der Waals surface area contributed by atoms with Gasteiger partial charge in [-0.25, -0.2) is 4.79 Å². The average Bonchev–Trinajstić information content (AvgIpc) is 2.65. The Bertz CT molecular complexity index is 631. The summed E-state index contributed by atoms with van der Waals surface area (Å²) in [7, 11) is 0. The summed E-state index contributed by atoms with van der Waals surface area (Å²) >= 11 is 1.42. The van der Waals surface area contributed by atoms with E-state index in [0.29, 0.717) is 5.75 Å². The molecule has 0 aromatic carbocycles. The Balaban J connectivity index is 5.14. The van der Waals surface area contributed by atoms with Crippen molar-refractivity contribution < 1.29 is 39.3 Å². The van der Waals surface area contributed by atoms with Crippen LogP contribution in [0.25, 0.3) is 0 Å². The van der Waals surface area contributed by atoms with Crippen LogP contribution in [0.2, 0.25) is 0 Å². The van der Waals surface area contributed by atoms with E-state index in [4.69, 9.17) is 10.8 Å². The van der Waals surface area contributed by atoms with Gasteiger partial charge in [0.25, 0.3) is 0 Å². The number of carboxylic acids is 2. The number of thioether (sulfide) groups is 1. The van der Waals surface area contributed by atoms with Crippen molar-refractivity contribution in [2.45, 2.75) is 50.9 Å². The number of carbonyl (C=O) groups is 5. The molecular formula is C17H30N4O8S. The Hall–Kier alpha value is -2.38. The first kappa shape index (κ1) is 27.6. The van der Waals surface area contributed by atoms with E-state index in [0.717, 1.165) is 0 Å². The molecule has 3 amide bonds. The molecule has 4 atom stereocenters. The summed E-state index contributed by atoms with van der Waals surface area (Å²) in [6.07, 6.45) is 1.32. The highest BCUT2D eigenvalue weighted by atomic mass is 32.2. The molecule has 30 heavy (non-hydrogen) atoms. The first-order valence-electron chi connectivity index (χ1n) is 9.15. The Morgan fingerprint density at radius 3 is 1.93 bits per heavy atom. The molecule has 0 heterocycles. The van der Waals surface area contributed by atoms with Crippen LogP contribution in [0.15, 0.2) is 0 Å². The first-order chi connectivity index (χ1) is 13.9. The summed E-state index contributed by atoms with van der Waals surface area (Å²) in [4.78, 5) is 58.8. The van der Waals surface area contributed by atoms with Gasteiger partial charge in [0.15, 0.2) is 0 Å². The number of carbonyl (C=O) groups excluding carboxylic acids is 3. The summed E-state index contributed by atoms with van der Waals surface area (Å²) in [5, 5.41) is 34.2. The van der Waals surface area contributed by atoms with Crippen molar-refractivity contribution in [3.8, 4) is 0 Å². The SMILES string of the molecule is CSCCC(NC(=O)C(NC(=O)C(CO)NC(=O)C(N)CC(=O)O)C(C)C)C(=O)O. The van der Waals surface area contributed by atoms with E-state index in [9.17, 15) is 34.2 Å². The van der Waals surface area contributed by atoms with Gasteiger partial charge in [-0.2, -0.15) is 11.8 Å². The third kappa shape index (κ3) is 9.89. The van der Waals surface area contributed by atoms with Gasteiger partial charge in [0.05, 0.1) is 19.1 Å². The third-order valence-corrected chi connectivity index (χ3v) is 4.66. The Morgan fingerprint density at radius 1 is 0.933 bits per heavy atom. The smallest absolute Gasteiger partial charge is 0.326 e. The van der Waals surface area contributed by atoms with E-state index in [1.54, 1.807) is 20.1 Å². The molecule has 4 unspecified atom stereocenters. The van der Waals surface area contributed by atoms with Crippen LogP contribution in [0.3, 0.4) is 0 Å². The van der Waals surface area contributed by atoms with E-state index >= 15 is 0 Å². The second kappa shape index (κ2) is 13.8. The van der Waals surface area contributed by atoms with Crippen LogP contribution in [-0.2, 0) is 24.0 Å². The van der Waals surface area contributed by atoms with Gasteiger partial charge in [0.2, 0.25) is 17.7 Å². The minimum absolute atomic E-state index is 0.192. The molecular weight excluding hydrogens is 420 g/mol. The Kier molecular flexibility index (Phi) is 12.7. The van der Waals surface area contributed by atoms with Crippen molar-refractivity contribution in [2.75, 3.05) is 18.6 Å². The lowest BCUT2D eigenvalue weighted by Crippen LogP contribution is -2.59. The summed E-state index contributed by atoms with van der Waals surface area (Å²) in [5.41, 5.74) is 5.41. The molecule has 0 saturated carbocycles. The highest BCUT2D eigenvalue weighted by Gasteiger charge is 2.31. The van der Waals surface area contributed by atoms with Gasteiger partial charge >= 0.3 is 11.9 Å². The van der Waals surface area contributed by atoms with Gasteiger partial charge in [0, 0.05) is 0 Å². The van der Waals surface area contributed by atoms with Gasteiger partial charge in [-0.15, -0.1) is 0 Å². The summed E-state index contributed by atoms with van der Waals surface area (Å²) in [6.45, 7) is 2.42. The van der Waals surface area contributed by atoms with Crippen LogP contribution in [-0.4, -0.2) is 87.8 Å². The van der Waals surface area contributed by atoms with Crippen LogP contribution < -0.4 is 21.7 Å². The van der Waals surface area contributed by atoms with E-state index in [2.05, 4.69) is 16.0 Å². The number of hydrogen-bond donors (Lipinski definition) is 7. The number of carboxylic acid groups (broad SMARTS) is 2. The normalized spacial score (nSPS) is 14.9. The van der Waals surface area contributed by atoms with Gasteiger partial charge in [-0.1, -0.05) is 13.8 Å². The molecule has 0 spiro atoms. The summed E-state index contributed by atoms with van der Waals surface area (Å²) in [6, 6.07) is -5.17. The van der Waals surface area contributed by atoms with Gasteiger partial charge in [-0.05, 0) is 24.3 Å². The highest BCUT2D eigenvalue weighted by Crippen LogP contribution is 2.06. The van der Waals surface area contributed by atoms with Crippen LogP contribution in [0.4, 0.5) is 0 Å². The molecule has 0 aromatic rings. The molecule has 0 aromatic heterocycles. The van der Waals surface area contributed by atoms with E-state index in [1.165, 1.54) is 11.8 Å². The zero-order valence-electron chi connectivity index (χ0n) is 17.1. The van der Waals surface area contributed by atoms with Crippen molar-refractivity contribution in [3.63, 3.8) is 0 Å². The minimum Gasteiger partial charge on any atom is -0.481 e. The van der Waals surface area contributed by atoms with E-state index in [-0.39, 0.29) is 6.42 Å². The zero-order valence-corrected chi connectivity index (χ0v) is 17.9. The zero-order chi connectivity index (χ0) is 23.4. The number of aliphatic hydroxyl groups excluding tert-OH is 1. The molecule has 0 radical (unpaired) electrons. The fourth-order valence-corrected chi connectivity index (χ4v) is 2.77. The molecule has 0 aliphatic heterocycles. The first-order valence-corrected chi connectivity index (χ1v) is 10.5. The summed E-state index contributed by atoms with van der Waals surface area (Å²) < 4.78 is 0. The Morgan fingerprint density at radius 2 is 1.50 bits per heavy atom. The lowest BCUT2D eigenvalue weighted by atomic mass is 10.0. The number of aliphatic carboxylic acids is 2. The van der Waals surface area contributed by atoms with Gasteiger partial charge in [0.1, 0.15) is 18.1 Å². The molecule has 0 saturated heterocycles. The fourth-order valence-electron chi connectivity index (χ4n) is 2.30. The molecule has 0 aliphatic rings. The largest absolute Gasteiger partial charge is 0.481 e. The van der Waals surface area contributed by atoms with E-state index in [1.807, 2.05) is 0 Å². The Labute approximate surface area is 178 Å². The van der Waals surface area contributed by atoms with Gasteiger partial charge < -0.3 is 37.0 Å². The van der Waals surface area contributed by atoms with Crippen LogP contribution in [0.1, 0.15) is 26.7 Å². The quantitative estimate of drug-likeness (QED) is 0.151. The predicted octanol–water partition coefficient (Wildman–Crippen LogP) is -2.27. The predicted molar refractivity (Wildman–Crippen MR) is 109 cm³/mol. The lowest BCUT2D eigenvalue weighted by Gasteiger charge is -2.26. The molecule has 13 heteroatoms. The maximum atomic E-state index is 12.5. The maximum absolute atomic E-state index is 12.5. The molecule has 0 aliphatic carbocycles. The molecule has 8 N–H and O–H groups in total. The number of rotatable bonds is 14. The number of hydrogen-bond acceptors (Lipinski definition) is 8. The number of aliphatic hydroxyl groups is 1. The second-order valence-electron chi connectivity index (χ2n) is 6.86. The van der Waals surface area contributed by atoms with E-state index < -0.39 is 72.8 Å². The fraction of sp³-hybridized carbons (Fsp3) is 0.706. The molecule has 0 fully saturated rings. The molecule has 0 bridgehead atoms. The van der Waals surface area contributed by atoms with Crippen LogP contribution >= 0.6 is 11.8 Å². The lowest BCUT2D eigenvalue weighted by molar-refractivity contribution is -0.142. The second-order valence-corrected chi connectivity index (χ2v) is 7.84. The number of nitrogens with one attached hydrogen (secondary N) is 3. The summed E-state index contributed by atoms with van der Waals surface area (Å²) in [5.74, 6) is -5.04. The van der Waals surface area contributed by atoms with Crippen LogP contribution in [0.5, 0.6) is 0 Å². The highest BCUT2D eigenvalue weighted by molar-refractivity contribution is 7.98. The average molecular weight is 451 g/mol. The van der Waals surface area contributed by atoms with Crippen molar-refractivity contribution in [1.82, 2.24) is 16.0 Å². The maximum Gasteiger partial charge on any atom is 0.326 e. The number of amides is 3. The molecule has 12 nitrogen and oxygen atoms in total. The standard InChI is InChI=1S/C17H30N4O8S/c1-8(2)13(16(27)19-10(17(28)29)4-5-30-3)21-15(26)11(7-22)20-14(25)9(18)6-12(23)24/h8-11,13,22H,4-7,18H2,1-3H3,(H,19,27)(H,20,25)(H,21,26)(H,23,24)(H,28,29). The third-order valence-electron chi connectivity index (χ3n) is 4.02. The van der Waals surface area contributed by atoms with Gasteiger partial charge in [-0.3, -0.25) is 19.2 Å². The molecule has 0 rings (SSSR count). The minimum atomic E-state index is -1.47. The van der Waals surface area contributed by atoms with Crippen molar-refractivity contribution in [3.05, 3.63) is 0 Å². The van der Waals surface area contributed by atoms with Crippen molar-refractivity contribution in [2.24, 2.45) is 11.7 Å². The van der Waals surface area contributed by atoms with Crippen LogP contribution in [0, 0.1) is 5.92 Å². The monoisotopic (exact) mass is 450 g/mol. The molecule has 172 valence electrons. The van der Waals surface area contributed by atoms with Crippen molar-refractivity contribution in [1.29, 1.82) is 0 Å². The topological polar surface area (TPSA) is 208 Å². The number of nitrogens with two attached hydrogens (primary N) is 1. The van der Waals surface area contributed by atoms with Crippen molar-refractivity contribution >= 4 is 41.4 Å².